The van der Waals surface area contributed by atoms with Gasteiger partial charge in [0.05, 0.1) is 11.5 Å². The van der Waals surface area contributed by atoms with Crippen molar-refractivity contribution in [2.45, 2.75) is 34.9 Å². The van der Waals surface area contributed by atoms with Gasteiger partial charge < -0.3 is 4.74 Å². The fraction of sp³-hybridized carbons (Fsp3) is 0.263. The zero-order valence-corrected chi connectivity index (χ0v) is 16.5. The molecule has 1 aliphatic rings. The zero-order valence-electron chi connectivity index (χ0n) is 14.9. The Balaban J connectivity index is 1.93. The summed E-state index contributed by atoms with van der Waals surface area (Å²) in [4.78, 5) is 25.9. The third-order valence-corrected chi connectivity index (χ3v) is 7.16. The molecule has 0 aliphatic carbocycles. The van der Waals surface area contributed by atoms with Gasteiger partial charge in [-0.2, -0.15) is 0 Å². The Kier molecular flexibility index (Phi) is 5.57. The van der Waals surface area contributed by atoms with Gasteiger partial charge in [-0.05, 0) is 38.1 Å². The lowest BCUT2D eigenvalue weighted by molar-refractivity contribution is -0.158. The van der Waals surface area contributed by atoms with Crippen molar-refractivity contribution < 1.29 is 22.7 Å². The zero-order chi connectivity index (χ0) is 19.6. The first-order valence-electron chi connectivity index (χ1n) is 8.39. The van der Waals surface area contributed by atoms with Gasteiger partial charge in [0.25, 0.3) is 15.9 Å². The van der Waals surface area contributed by atoms with E-state index in [0.29, 0.717) is 4.31 Å². The SMILES string of the molecule is CCOC(=O)[C@H]1[C@H](Sc2ccccc2)C(=O)N1S(=O)(=O)c1ccc(C)cc1. The number of β-lactam (4-membered cyclic amide) rings is 1. The first kappa shape index (κ1) is 19.4. The molecule has 1 saturated heterocycles. The molecule has 1 aliphatic heterocycles. The number of carbonyl (C=O) groups excluding carboxylic acids is 2. The quantitative estimate of drug-likeness (QED) is 0.543. The van der Waals surface area contributed by atoms with Crippen LogP contribution in [0.15, 0.2) is 64.4 Å². The summed E-state index contributed by atoms with van der Waals surface area (Å²) < 4.78 is 31.6. The van der Waals surface area contributed by atoms with Gasteiger partial charge in [0, 0.05) is 4.90 Å². The largest absolute Gasteiger partial charge is 0.464 e. The maximum Gasteiger partial charge on any atom is 0.331 e. The number of rotatable bonds is 6. The molecule has 2 aromatic carbocycles. The van der Waals surface area contributed by atoms with Crippen molar-refractivity contribution >= 4 is 33.7 Å². The van der Waals surface area contributed by atoms with Crippen LogP contribution in [0.5, 0.6) is 0 Å². The summed E-state index contributed by atoms with van der Waals surface area (Å²) in [5.41, 5.74) is 0.892. The number of hydrogen-bond acceptors (Lipinski definition) is 6. The summed E-state index contributed by atoms with van der Waals surface area (Å²) in [5, 5.41) is -0.841. The van der Waals surface area contributed by atoms with Crippen LogP contribution in [0.1, 0.15) is 12.5 Å². The number of hydrogen-bond donors (Lipinski definition) is 0. The van der Waals surface area contributed by atoms with Gasteiger partial charge in [0.15, 0.2) is 6.04 Å². The van der Waals surface area contributed by atoms with E-state index in [1.807, 2.05) is 25.1 Å². The van der Waals surface area contributed by atoms with Gasteiger partial charge in [-0.1, -0.05) is 35.9 Å². The van der Waals surface area contributed by atoms with Crippen LogP contribution in [0.4, 0.5) is 0 Å². The number of thioether (sulfide) groups is 1. The number of aryl methyl sites for hydroxylation is 1. The van der Waals surface area contributed by atoms with Crippen LogP contribution in [0.3, 0.4) is 0 Å². The molecule has 0 aromatic heterocycles. The molecule has 0 spiro atoms. The molecule has 8 heteroatoms. The number of ether oxygens (including phenoxy) is 1. The van der Waals surface area contributed by atoms with Gasteiger partial charge in [0.1, 0.15) is 5.25 Å². The van der Waals surface area contributed by atoms with Crippen molar-refractivity contribution in [3.05, 3.63) is 60.2 Å². The predicted octanol–water partition coefficient (Wildman–Crippen LogP) is 2.62. The van der Waals surface area contributed by atoms with Gasteiger partial charge >= 0.3 is 5.97 Å². The van der Waals surface area contributed by atoms with Crippen LogP contribution in [-0.4, -0.2) is 42.5 Å². The van der Waals surface area contributed by atoms with Crippen LogP contribution in [0.2, 0.25) is 0 Å². The number of nitrogens with zero attached hydrogens (tertiary/aromatic N) is 1. The molecule has 0 unspecified atom stereocenters. The van der Waals surface area contributed by atoms with Crippen LogP contribution in [0, 0.1) is 6.92 Å². The van der Waals surface area contributed by atoms with Crippen molar-refractivity contribution in [2.75, 3.05) is 6.61 Å². The summed E-state index contributed by atoms with van der Waals surface area (Å²) in [7, 11) is -4.14. The minimum absolute atomic E-state index is 0.0288. The van der Waals surface area contributed by atoms with E-state index in [4.69, 9.17) is 4.74 Å². The minimum Gasteiger partial charge on any atom is -0.464 e. The monoisotopic (exact) mass is 405 g/mol. The summed E-state index contributed by atoms with van der Waals surface area (Å²) in [6.45, 7) is 3.57. The Morgan fingerprint density at radius 2 is 1.74 bits per heavy atom. The molecule has 2 aromatic rings. The average molecular weight is 405 g/mol. The predicted molar refractivity (Wildman–Crippen MR) is 102 cm³/mol. The highest BCUT2D eigenvalue weighted by molar-refractivity contribution is 8.01. The number of esters is 1. The minimum atomic E-state index is -4.14. The Labute approximate surface area is 162 Å². The van der Waals surface area contributed by atoms with E-state index in [1.165, 1.54) is 12.1 Å². The van der Waals surface area contributed by atoms with E-state index >= 15 is 0 Å². The second-order valence-corrected chi connectivity index (χ2v) is 9.03. The maximum absolute atomic E-state index is 12.9. The average Bonchev–Trinajstić information content (AvgIpc) is 2.65. The number of carbonyl (C=O) groups is 2. The first-order valence-corrected chi connectivity index (χ1v) is 10.7. The molecule has 142 valence electrons. The second kappa shape index (κ2) is 7.74. The Hall–Kier alpha value is -2.32. The number of amides is 1. The van der Waals surface area contributed by atoms with Gasteiger partial charge in [-0.3, -0.25) is 4.79 Å². The van der Waals surface area contributed by atoms with Gasteiger partial charge in [-0.15, -0.1) is 11.8 Å². The van der Waals surface area contributed by atoms with E-state index in [-0.39, 0.29) is 11.5 Å². The standard InChI is InChI=1S/C19H19NO5S2/c1-3-25-19(22)16-17(26-14-7-5-4-6-8-14)18(21)20(16)27(23,24)15-11-9-13(2)10-12-15/h4-12,16-17H,3H2,1-2H3/t16-,17+/m1/s1. The second-order valence-electron chi connectivity index (χ2n) is 6.00. The summed E-state index contributed by atoms with van der Waals surface area (Å²) in [5.74, 6) is -1.34. The molecule has 2 atom stereocenters. The molecule has 0 radical (unpaired) electrons. The van der Waals surface area contributed by atoms with E-state index in [2.05, 4.69) is 0 Å². The van der Waals surface area contributed by atoms with Crippen molar-refractivity contribution in [2.24, 2.45) is 0 Å². The third kappa shape index (κ3) is 3.72. The third-order valence-electron chi connectivity index (χ3n) is 4.11. The molecule has 0 N–H and O–H groups in total. The Morgan fingerprint density at radius 3 is 2.33 bits per heavy atom. The van der Waals surface area contributed by atoms with Crippen LogP contribution in [-0.2, 0) is 24.3 Å². The molecule has 1 fully saturated rings. The maximum atomic E-state index is 12.9. The summed E-state index contributed by atoms with van der Waals surface area (Å²) in [6, 6.07) is 14.0. The Bertz CT molecular complexity index is 942. The molecular formula is C19H19NO5S2. The lowest BCUT2D eigenvalue weighted by atomic mass is 10.1. The molecule has 0 bridgehead atoms. The summed E-state index contributed by atoms with van der Waals surface area (Å²) in [6.07, 6.45) is 0. The van der Waals surface area contributed by atoms with Gasteiger partial charge in [0.2, 0.25) is 0 Å². The fourth-order valence-electron chi connectivity index (χ4n) is 2.74. The number of sulfonamides is 1. The summed E-state index contributed by atoms with van der Waals surface area (Å²) >= 11 is 1.16. The molecular weight excluding hydrogens is 386 g/mol. The first-order chi connectivity index (χ1) is 12.9. The van der Waals surface area contributed by atoms with E-state index in [9.17, 15) is 18.0 Å². The highest BCUT2D eigenvalue weighted by Gasteiger charge is 2.58. The Morgan fingerprint density at radius 1 is 1.11 bits per heavy atom. The molecule has 27 heavy (non-hydrogen) atoms. The highest BCUT2D eigenvalue weighted by Crippen LogP contribution is 2.39. The molecule has 0 saturated carbocycles. The molecule has 3 rings (SSSR count). The topological polar surface area (TPSA) is 80.8 Å². The van der Waals surface area contributed by atoms with Crippen molar-refractivity contribution in [1.82, 2.24) is 4.31 Å². The van der Waals surface area contributed by atoms with Crippen molar-refractivity contribution in [3.63, 3.8) is 0 Å². The lowest BCUT2D eigenvalue weighted by Gasteiger charge is -2.43. The fourth-order valence-corrected chi connectivity index (χ4v) is 5.63. The van der Waals surface area contributed by atoms with Crippen molar-refractivity contribution in [1.29, 1.82) is 0 Å². The number of benzene rings is 2. The molecule has 6 nitrogen and oxygen atoms in total. The van der Waals surface area contributed by atoms with Crippen LogP contribution in [0.25, 0.3) is 0 Å². The van der Waals surface area contributed by atoms with Crippen LogP contribution >= 0.6 is 11.8 Å². The van der Waals surface area contributed by atoms with E-state index < -0.39 is 33.2 Å². The molecule has 1 heterocycles. The smallest absolute Gasteiger partial charge is 0.331 e. The lowest BCUT2D eigenvalue weighted by Crippen LogP contribution is -2.68. The highest BCUT2D eigenvalue weighted by atomic mass is 32.2. The van der Waals surface area contributed by atoms with Gasteiger partial charge in [-0.25, -0.2) is 17.5 Å². The van der Waals surface area contributed by atoms with E-state index in [0.717, 1.165) is 22.2 Å². The van der Waals surface area contributed by atoms with E-state index in [1.54, 1.807) is 31.2 Å². The van der Waals surface area contributed by atoms with Crippen LogP contribution < -0.4 is 0 Å². The van der Waals surface area contributed by atoms with Crippen molar-refractivity contribution in [3.8, 4) is 0 Å². The molecule has 1 amide bonds. The normalized spacial score (nSPS) is 19.5.